The van der Waals surface area contributed by atoms with Gasteiger partial charge in [-0.3, -0.25) is 9.59 Å². The first kappa shape index (κ1) is 18.2. The van der Waals surface area contributed by atoms with Gasteiger partial charge in [0, 0.05) is 13.5 Å². The van der Waals surface area contributed by atoms with Gasteiger partial charge in [0.05, 0.1) is 0 Å². The molecule has 9 nitrogen and oxygen atoms in total. The number of ketones is 2. The van der Waals surface area contributed by atoms with Gasteiger partial charge in [0.25, 0.3) is 0 Å². The van der Waals surface area contributed by atoms with Gasteiger partial charge in [-0.25, -0.2) is 9.59 Å². The Labute approximate surface area is 114 Å². The molecular weight excluding hydrogens is 272 g/mol. The summed E-state index contributed by atoms with van der Waals surface area (Å²) >= 11 is 0. The number of carboxylic acids is 2. The summed E-state index contributed by atoms with van der Waals surface area (Å²) in [6.07, 6.45) is -2.18. The molecule has 114 valence electrons. The van der Waals surface area contributed by atoms with Gasteiger partial charge >= 0.3 is 11.9 Å². The number of hydrogen-bond donors (Lipinski definition) is 4. The van der Waals surface area contributed by atoms with E-state index in [1.54, 1.807) is 0 Å². The van der Waals surface area contributed by atoms with E-state index in [-0.39, 0.29) is 0 Å². The molecule has 20 heavy (non-hydrogen) atoms. The van der Waals surface area contributed by atoms with E-state index < -0.39 is 47.1 Å². The molecule has 0 rings (SSSR count). The van der Waals surface area contributed by atoms with Crippen molar-refractivity contribution in [1.29, 1.82) is 0 Å². The van der Waals surface area contributed by atoms with Crippen LogP contribution in [0.2, 0.25) is 0 Å². The zero-order valence-corrected chi connectivity index (χ0v) is 11.4. The molecule has 1 unspecified atom stereocenters. The Morgan fingerprint density at radius 1 is 1.05 bits per heavy atom. The molecule has 0 aliphatic rings. The highest BCUT2D eigenvalue weighted by atomic mass is 16.5. The zero-order valence-electron chi connectivity index (χ0n) is 11.4. The maximum Gasteiger partial charge on any atom is 0.331 e. The number of carbonyl (C=O) groups excluding carboxylic acids is 2. The van der Waals surface area contributed by atoms with Crippen molar-refractivity contribution in [2.24, 2.45) is 11.5 Å². The highest BCUT2D eigenvalue weighted by molar-refractivity contribution is 6.12. The van der Waals surface area contributed by atoms with Crippen molar-refractivity contribution in [2.45, 2.75) is 37.5 Å². The van der Waals surface area contributed by atoms with Gasteiger partial charge < -0.3 is 26.4 Å². The SMILES string of the molecule is COC(CC(=O)[C@@](C)(N)C(=O)O)C(=O)[C@@](C)(N)C(=O)O. The van der Waals surface area contributed by atoms with E-state index in [2.05, 4.69) is 0 Å². The van der Waals surface area contributed by atoms with Crippen LogP contribution >= 0.6 is 0 Å². The molecule has 0 heterocycles. The van der Waals surface area contributed by atoms with Crippen LogP contribution in [-0.2, 0) is 23.9 Å². The van der Waals surface area contributed by atoms with Gasteiger partial charge in [0.15, 0.2) is 22.6 Å². The third-order valence-electron chi connectivity index (χ3n) is 2.93. The summed E-state index contributed by atoms with van der Waals surface area (Å²) in [7, 11) is 1.07. The summed E-state index contributed by atoms with van der Waals surface area (Å²) in [4.78, 5) is 45.3. The second kappa shape index (κ2) is 6.07. The molecule has 0 aliphatic heterocycles. The van der Waals surface area contributed by atoms with Crippen molar-refractivity contribution >= 4 is 23.5 Å². The van der Waals surface area contributed by atoms with E-state index in [1.807, 2.05) is 0 Å². The molecule has 0 aromatic carbocycles. The van der Waals surface area contributed by atoms with Crippen LogP contribution < -0.4 is 11.5 Å². The zero-order chi connectivity index (χ0) is 16.3. The van der Waals surface area contributed by atoms with Gasteiger partial charge in [-0.15, -0.1) is 0 Å². The summed E-state index contributed by atoms with van der Waals surface area (Å²) in [6.45, 7) is 1.92. The van der Waals surface area contributed by atoms with Crippen LogP contribution in [0.3, 0.4) is 0 Å². The number of aliphatic carboxylic acids is 2. The summed E-state index contributed by atoms with van der Waals surface area (Å²) in [5, 5.41) is 17.6. The van der Waals surface area contributed by atoms with Crippen molar-refractivity contribution < 1.29 is 34.1 Å². The van der Waals surface area contributed by atoms with Crippen LogP contribution in [0.15, 0.2) is 0 Å². The number of Topliss-reactive ketones (excluding diaryl/α,β-unsaturated/α-hetero) is 2. The van der Waals surface area contributed by atoms with Crippen LogP contribution in [0, 0.1) is 0 Å². The second-order valence-electron chi connectivity index (χ2n) is 4.73. The first-order valence-electron chi connectivity index (χ1n) is 5.54. The number of methoxy groups -OCH3 is 1. The van der Waals surface area contributed by atoms with Crippen molar-refractivity contribution in [2.75, 3.05) is 7.11 Å². The van der Waals surface area contributed by atoms with Crippen LogP contribution in [-0.4, -0.2) is 58.0 Å². The Bertz CT molecular complexity index is 442. The highest BCUT2D eigenvalue weighted by Crippen LogP contribution is 2.14. The number of hydrogen-bond acceptors (Lipinski definition) is 7. The Morgan fingerprint density at radius 2 is 1.45 bits per heavy atom. The smallest absolute Gasteiger partial charge is 0.331 e. The number of ether oxygens (including phenoxy) is 1. The van der Waals surface area contributed by atoms with Gasteiger partial charge in [-0.05, 0) is 13.8 Å². The lowest BCUT2D eigenvalue weighted by atomic mass is 9.87. The predicted octanol–water partition coefficient (Wildman–Crippen LogP) is -1.87. The standard InChI is InChI=1S/C11H18N2O7/c1-10(12,8(16)17)6(14)4-5(20-3)7(15)11(2,13)9(18)19/h5H,4,12-13H2,1-3H3,(H,16,17)(H,18,19)/t5?,10-,11-/m1/s1. The van der Waals surface area contributed by atoms with E-state index in [1.165, 1.54) is 0 Å². The van der Waals surface area contributed by atoms with Crippen LogP contribution in [0.25, 0.3) is 0 Å². The molecule has 0 aromatic heterocycles. The Balaban J connectivity index is 5.16. The van der Waals surface area contributed by atoms with Crippen LogP contribution in [0.5, 0.6) is 0 Å². The molecule has 0 aliphatic carbocycles. The fourth-order valence-electron chi connectivity index (χ4n) is 1.22. The first-order chi connectivity index (χ1) is 8.88. The Morgan fingerprint density at radius 3 is 1.75 bits per heavy atom. The predicted molar refractivity (Wildman–Crippen MR) is 65.9 cm³/mol. The molecule has 0 saturated carbocycles. The van der Waals surface area contributed by atoms with Crippen LogP contribution in [0.4, 0.5) is 0 Å². The minimum Gasteiger partial charge on any atom is -0.480 e. The van der Waals surface area contributed by atoms with Crippen molar-refractivity contribution in [1.82, 2.24) is 0 Å². The van der Waals surface area contributed by atoms with Crippen molar-refractivity contribution in [3.63, 3.8) is 0 Å². The molecule has 0 spiro atoms. The number of nitrogens with two attached hydrogens (primary N) is 2. The molecule has 9 heteroatoms. The fourth-order valence-corrected chi connectivity index (χ4v) is 1.22. The van der Waals surface area contributed by atoms with E-state index in [4.69, 9.17) is 26.4 Å². The monoisotopic (exact) mass is 290 g/mol. The molecule has 0 saturated heterocycles. The highest BCUT2D eigenvalue weighted by Gasteiger charge is 2.45. The van der Waals surface area contributed by atoms with Gasteiger partial charge in [0.1, 0.15) is 6.10 Å². The quantitative estimate of drug-likeness (QED) is 0.374. The largest absolute Gasteiger partial charge is 0.480 e. The number of carbonyl (C=O) groups is 4. The Kier molecular flexibility index (Phi) is 5.52. The molecule has 3 atom stereocenters. The minimum atomic E-state index is -2.25. The summed E-state index contributed by atoms with van der Waals surface area (Å²) in [5.74, 6) is -5.20. The number of carboxylic acid groups (broad SMARTS) is 2. The normalized spacial score (nSPS) is 18.4. The van der Waals surface area contributed by atoms with Gasteiger partial charge in [0.2, 0.25) is 0 Å². The summed E-state index contributed by atoms with van der Waals surface area (Å²) in [5.41, 5.74) is 6.19. The summed E-state index contributed by atoms with van der Waals surface area (Å²) < 4.78 is 4.73. The second-order valence-corrected chi connectivity index (χ2v) is 4.73. The van der Waals surface area contributed by atoms with Gasteiger partial charge in [-0.1, -0.05) is 0 Å². The maximum atomic E-state index is 11.9. The molecule has 0 radical (unpaired) electrons. The topological polar surface area (TPSA) is 170 Å². The van der Waals surface area contributed by atoms with Crippen LogP contribution in [0.1, 0.15) is 20.3 Å². The summed E-state index contributed by atoms with van der Waals surface area (Å²) in [6, 6.07) is 0. The van der Waals surface area contributed by atoms with E-state index in [9.17, 15) is 19.2 Å². The third-order valence-corrected chi connectivity index (χ3v) is 2.93. The first-order valence-corrected chi connectivity index (χ1v) is 5.54. The lowest BCUT2D eigenvalue weighted by molar-refractivity contribution is -0.154. The van der Waals surface area contributed by atoms with Gasteiger partial charge in [-0.2, -0.15) is 0 Å². The third kappa shape index (κ3) is 3.59. The lowest BCUT2D eigenvalue weighted by Crippen LogP contribution is -2.58. The van der Waals surface area contributed by atoms with Crippen molar-refractivity contribution in [3.05, 3.63) is 0 Å². The molecule has 6 N–H and O–H groups in total. The molecule has 0 fully saturated rings. The van der Waals surface area contributed by atoms with Crippen molar-refractivity contribution in [3.8, 4) is 0 Å². The van der Waals surface area contributed by atoms with E-state index >= 15 is 0 Å². The lowest BCUT2D eigenvalue weighted by Gasteiger charge is -2.25. The molecular formula is C11H18N2O7. The number of rotatable bonds is 8. The minimum absolute atomic E-state index is 0.686. The Hall–Kier alpha value is -1.84. The molecule has 0 bridgehead atoms. The average Bonchev–Trinajstić information content (AvgIpc) is 2.33. The fraction of sp³-hybridized carbons (Fsp3) is 0.636. The molecule has 0 amide bonds. The average molecular weight is 290 g/mol. The van der Waals surface area contributed by atoms with E-state index in [0.717, 1.165) is 21.0 Å². The van der Waals surface area contributed by atoms with E-state index in [0.29, 0.717) is 0 Å². The molecule has 0 aromatic rings. The maximum absolute atomic E-state index is 11.9.